The molecule has 27 heavy (non-hydrogen) atoms. The van der Waals surface area contributed by atoms with E-state index in [0.29, 0.717) is 49.3 Å². The Labute approximate surface area is 162 Å². The Kier molecular flexibility index (Phi) is 5.54. The van der Waals surface area contributed by atoms with Gasteiger partial charge < -0.3 is 19.5 Å². The van der Waals surface area contributed by atoms with E-state index in [-0.39, 0.29) is 5.91 Å². The third-order valence-electron chi connectivity index (χ3n) is 4.99. The van der Waals surface area contributed by atoms with Crippen LogP contribution in [0, 0.1) is 0 Å². The molecule has 2 aromatic rings. The third kappa shape index (κ3) is 4.06. The second kappa shape index (κ2) is 8.22. The summed E-state index contributed by atoms with van der Waals surface area (Å²) in [5.74, 6) is 2.41. The summed E-state index contributed by atoms with van der Waals surface area (Å²) in [6.45, 7) is 3.76. The SMILES string of the molecule is O=C(c1cnc(NCc2nnc3n2CCCCC3)c(Cl)c1)N1CCOCC1. The highest BCUT2D eigenvalue weighted by Gasteiger charge is 2.20. The van der Waals surface area contributed by atoms with Crippen LogP contribution >= 0.6 is 11.6 Å². The van der Waals surface area contributed by atoms with Crippen molar-refractivity contribution in [3.8, 4) is 0 Å². The summed E-state index contributed by atoms with van der Waals surface area (Å²) in [5.41, 5.74) is 0.490. The molecule has 2 aliphatic rings. The van der Waals surface area contributed by atoms with Gasteiger partial charge in [0.25, 0.3) is 5.91 Å². The molecule has 0 aliphatic carbocycles. The summed E-state index contributed by atoms with van der Waals surface area (Å²) >= 11 is 6.36. The minimum atomic E-state index is -0.0676. The van der Waals surface area contributed by atoms with Crippen LogP contribution < -0.4 is 5.32 Å². The standard InChI is InChI=1S/C18H23ClN6O2/c19-14-10-13(18(26)24-6-8-27-9-7-24)11-20-17(14)21-12-16-23-22-15-4-2-1-3-5-25(15)16/h10-11H,1-9,12H2,(H,20,21). The molecule has 0 atom stereocenters. The highest BCUT2D eigenvalue weighted by atomic mass is 35.5. The van der Waals surface area contributed by atoms with Crippen molar-refractivity contribution in [2.24, 2.45) is 0 Å². The smallest absolute Gasteiger partial charge is 0.255 e. The maximum Gasteiger partial charge on any atom is 0.255 e. The molecule has 144 valence electrons. The number of halogens is 1. The van der Waals surface area contributed by atoms with E-state index in [1.807, 2.05) is 0 Å². The first-order valence-corrected chi connectivity index (χ1v) is 9.77. The number of hydrogen-bond acceptors (Lipinski definition) is 6. The molecule has 0 radical (unpaired) electrons. The molecule has 1 amide bonds. The maximum atomic E-state index is 12.5. The van der Waals surface area contributed by atoms with Gasteiger partial charge in [0.2, 0.25) is 0 Å². The monoisotopic (exact) mass is 390 g/mol. The van der Waals surface area contributed by atoms with E-state index in [0.717, 1.165) is 37.5 Å². The van der Waals surface area contributed by atoms with E-state index >= 15 is 0 Å². The maximum absolute atomic E-state index is 12.5. The van der Waals surface area contributed by atoms with Gasteiger partial charge in [-0.15, -0.1) is 10.2 Å². The molecule has 4 heterocycles. The Hall–Kier alpha value is -2.19. The lowest BCUT2D eigenvalue weighted by Gasteiger charge is -2.26. The number of aryl methyl sites for hydroxylation is 1. The summed E-state index contributed by atoms with van der Waals surface area (Å²) in [6.07, 6.45) is 6.08. The summed E-state index contributed by atoms with van der Waals surface area (Å²) in [6, 6.07) is 1.67. The van der Waals surface area contributed by atoms with Crippen LogP contribution in [-0.2, 0) is 24.2 Å². The van der Waals surface area contributed by atoms with Crippen molar-refractivity contribution in [2.45, 2.75) is 38.8 Å². The van der Waals surface area contributed by atoms with Crippen LogP contribution in [0.3, 0.4) is 0 Å². The molecule has 0 unspecified atom stereocenters. The van der Waals surface area contributed by atoms with E-state index in [1.54, 1.807) is 17.2 Å². The molecule has 4 rings (SSSR count). The molecule has 0 aromatic carbocycles. The molecule has 1 saturated heterocycles. The van der Waals surface area contributed by atoms with Crippen LogP contribution in [0.2, 0.25) is 5.02 Å². The predicted molar refractivity (Wildman–Crippen MR) is 101 cm³/mol. The van der Waals surface area contributed by atoms with Crippen LogP contribution in [0.4, 0.5) is 5.82 Å². The Morgan fingerprint density at radius 3 is 2.85 bits per heavy atom. The van der Waals surface area contributed by atoms with E-state index in [9.17, 15) is 4.79 Å². The number of pyridine rings is 1. The number of carbonyl (C=O) groups is 1. The van der Waals surface area contributed by atoms with Crippen LogP contribution in [0.5, 0.6) is 0 Å². The lowest BCUT2D eigenvalue weighted by Crippen LogP contribution is -2.40. The second-order valence-corrected chi connectivity index (χ2v) is 7.21. The number of amides is 1. The first-order chi connectivity index (χ1) is 13.2. The molecule has 1 fully saturated rings. The van der Waals surface area contributed by atoms with Crippen LogP contribution in [0.1, 0.15) is 41.3 Å². The Morgan fingerprint density at radius 1 is 1.19 bits per heavy atom. The molecule has 0 saturated carbocycles. The molecular weight excluding hydrogens is 368 g/mol. The van der Waals surface area contributed by atoms with E-state index in [2.05, 4.69) is 25.1 Å². The van der Waals surface area contributed by atoms with Crippen molar-refractivity contribution in [3.05, 3.63) is 34.5 Å². The van der Waals surface area contributed by atoms with E-state index in [1.165, 1.54) is 6.42 Å². The van der Waals surface area contributed by atoms with Gasteiger partial charge in [0, 0.05) is 32.3 Å². The quantitative estimate of drug-likeness (QED) is 0.860. The van der Waals surface area contributed by atoms with Gasteiger partial charge in [-0.1, -0.05) is 18.0 Å². The molecule has 9 heteroatoms. The Bertz CT molecular complexity index is 818. The fraction of sp³-hybridized carbons (Fsp3) is 0.556. The number of nitrogens with one attached hydrogen (secondary N) is 1. The van der Waals surface area contributed by atoms with Gasteiger partial charge in [0.1, 0.15) is 11.6 Å². The zero-order valence-corrected chi connectivity index (χ0v) is 15.9. The summed E-state index contributed by atoms with van der Waals surface area (Å²) < 4.78 is 7.47. The van der Waals surface area contributed by atoms with Crippen molar-refractivity contribution in [1.82, 2.24) is 24.6 Å². The van der Waals surface area contributed by atoms with E-state index < -0.39 is 0 Å². The average Bonchev–Trinajstić information content (AvgIpc) is 2.93. The average molecular weight is 391 g/mol. The molecular formula is C18H23ClN6O2. The van der Waals surface area contributed by atoms with Crippen molar-refractivity contribution < 1.29 is 9.53 Å². The van der Waals surface area contributed by atoms with Crippen molar-refractivity contribution >= 4 is 23.3 Å². The number of anilines is 1. The highest BCUT2D eigenvalue weighted by Crippen LogP contribution is 2.22. The molecule has 2 aromatic heterocycles. The van der Waals surface area contributed by atoms with Gasteiger partial charge in [-0.05, 0) is 18.9 Å². The fourth-order valence-electron chi connectivity index (χ4n) is 3.47. The Morgan fingerprint density at radius 2 is 2.04 bits per heavy atom. The molecule has 0 spiro atoms. The van der Waals surface area contributed by atoms with Crippen LogP contribution in [0.25, 0.3) is 0 Å². The topological polar surface area (TPSA) is 85.2 Å². The zero-order chi connectivity index (χ0) is 18.6. The number of nitrogens with zero attached hydrogens (tertiary/aromatic N) is 5. The number of carbonyl (C=O) groups excluding carboxylic acids is 1. The third-order valence-corrected chi connectivity index (χ3v) is 5.27. The second-order valence-electron chi connectivity index (χ2n) is 6.81. The number of aromatic nitrogens is 4. The normalized spacial score (nSPS) is 17.3. The van der Waals surface area contributed by atoms with E-state index in [4.69, 9.17) is 16.3 Å². The summed E-state index contributed by atoms with van der Waals surface area (Å²) in [7, 11) is 0. The predicted octanol–water partition coefficient (Wildman–Crippen LogP) is 2.14. The van der Waals surface area contributed by atoms with Crippen LogP contribution in [0.15, 0.2) is 12.3 Å². The van der Waals surface area contributed by atoms with Gasteiger partial charge in [0.05, 0.1) is 30.3 Å². The number of fused-ring (bicyclic) bond motifs is 1. The largest absolute Gasteiger partial charge is 0.378 e. The van der Waals surface area contributed by atoms with Gasteiger partial charge in [-0.3, -0.25) is 4.79 Å². The molecule has 2 aliphatic heterocycles. The molecule has 0 bridgehead atoms. The van der Waals surface area contributed by atoms with Crippen molar-refractivity contribution in [1.29, 1.82) is 0 Å². The first-order valence-electron chi connectivity index (χ1n) is 9.40. The zero-order valence-electron chi connectivity index (χ0n) is 15.2. The summed E-state index contributed by atoms with van der Waals surface area (Å²) in [5, 5.41) is 12.2. The Balaban J connectivity index is 1.43. The fourth-order valence-corrected chi connectivity index (χ4v) is 3.71. The minimum absolute atomic E-state index is 0.0676. The van der Waals surface area contributed by atoms with Gasteiger partial charge in [0.15, 0.2) is 5.82 Å². The first kappa shape index (κ1) is 18.2. The lowest BCUT2D eigenvalue weighted by molar-refractivity contribution is 0.0302. The van der Waals surface area contributed by atoms with Crippen molar-refractivity contribution in [2.75, 3.05) is 31.6 Å². The van der Waals surface area contributed by atoms with Gasteiger partial charge >= 0.3 is 0 Å². The van der Waals surface area contributed by atoms with Gasteiger partial charge in [-0.2, -0.15) is 0 Å². The number of ether oxygens (including phenoxy) is 1. The lowest BCUT2D eigenvalue weighted by atomic mass is 10.2. The van der Waals surface area contributed by atoms with Crippen molar-refractivity contribution in [3.63, 3.8) is 0 Å². The number of rotatable bonds is 4. The summed E-state index contributed by atoms with van der Waals surface area (Å²) in [4.78, 5) is 18.6. The van der Waals surface area contributed by atoms with Crippen LogP contribution in [-0.4, -0.2) is 56.9 Å². The molecule has 8 nitrogen and oxygen atoms in total. The number of hydrogen-bond donors (Lipinski definition) is 1. The van der Waals surface area contributed by atoms with Gasteiger partial charge in [-0.25, -0.2) is 4.98 Å². The minimum Gasteiger partial charge on any atom is -0.378 e. The highest BCUT2D eigenvalue weighted by molar-refractivity contribution is 6.33. The number of morpholine rings is 1. The molecule has 1 N–H and O–H groups in total.